The Morgan fingerprint density at radius 3 is 2.89 bits per heavy atom. The van der Waals surface area contributed by atoms with Crippen LogP contribution in [0.2, 0.25) is 0 Å². The highest BCUT2D eigenvalue weighted by Gasteiger charge is 2.13. The molecule has 4 nitrogen and oxygen atoms in total. The zero-order valence-electron chi connectivity index (χ0n) is 9.64. The monoisotopic (exact) mass is 258 g/mol. The summed E-state index contributed by atoms with van der Waals surface area (Å²) in [5, 5.41) is 3.31. The van der Waals surface area contributed by atoms with Crippen molar-refractivity contribution in [1.82, 2.24) is 10.3 Å². The number of thiazole rings is 1. The molecule has 0 aliphatic carbocycles. The number of furan rings is 1. The Morgan fingerprint density at radius 2 is 2.11 bits per heavy atom. The maximum Gasteiger partial charge on any atom is 0.286 e. The van der Waals surface area contributed by atoms with Gasteiger partial charge in [0.05, 0.1) is 10.2 Å². The zero-order valence-corrected chi connectivity index (χ0v) is 10.5. The van der Waals surface area contributed by atoms with Crippen LogP contribution in [0.25, 0.3) is 21.0 Å². The number of rotatable bonds is 2. The van der Waals surface area contributed by atoms with Crippen LogP contribution < -0.4 is 5.32 Å². The Balaban J connectivity index is 2.03. The van der Waals surface area contributed by atoms with E-state index in [1.165, 1.54) is 0 Å². The number of benzene rings is 1. The van der Waals surface area contributed by atoms with E-state index in [4.69, 9.17) is 4.42 Å². The number of nitrogens with zero attached hydrogens (tertiary/aromatic N) is 1. The molecule has 90 valence electrons. The standard InChI is InChI=1S/C13H10N2O2S/c1-14-12(16)9-6-7-10(17-9)13-15-8-4-2-3-5-11(8)18-13/h2-7H,1H3,(H,14,16). The van der Waals surface area contributed by atoms with Gasteiger partial charge in [-0.15, -0.1) is 11.3 Å². The number of carbonyl (C=O) groups is 1. The van der Waals surface area contributed by atoms with E-state index in [-0.39, 0.29) is 5.91 Å². The number of para-hydroxylation sites is 1. The van der Waals surface area contributed by atoms with Crippen molar-refractivity contribution in [3.8, 4) is 10.8 Å². The van der Waals surface area contributed by atoms with Crippen LogP contribution in [0.4, 0.5) is 0 Å². The minimum Gasteiger partial charge on any atom is -0.448 e. The van der Waals surface area contributed by atoms with E-state index in [9.17, 15) is 4.79 Å². The van der Waals surface area contributed by atoms with Crippen molar-refractivity contribution in [2.45, 2.75) is 0 Å². The lowest BCUT2D eigenvalue weighted by Crippen LogP contribution is -2.16. The van der Waals surface area contributed by atoms with Gasteiger partial charge in [-0.3, -0.25) is 4.79 Å². The molecule has 0 aliphatic heterocycles. The molecular weight excluding hydrogens is 248 g/mol. The largest absolute Gasteiger partial charge is 0.448 e. The summed E-state index contributed by atoms with van der Waals surface area (Å²) in [6.45, 7) is 0. The van der Waals surface area contributed by atoms with Gasteiger partial charge in [0.25, 0.3) is 5.91 Å². The first-order valence-electron chi connectivity index (χ1n) is 5.46. The molecule has 0 fully saturated rings. The summed E-state index contributed by atoms with van der Waals surface area (Å²) in [7, 11) is 1.57. The fourth-order valence-electron chi connectivity index (χ4n) is 1.68. The van der Waals surface area contributed by atoms with Crippen LogP contribution in [0.3, 0.4) is 0 Å². The Labute approximate surface area is 107 Å². The number of hydrogen-bond donors (Lipinski definition) is 1. The number of fused-ring (bicyclic) bond motifs is 1. The zero-order chi connectivity index (χ0) is 12.5. The lowest BCUT2D eigenvalue weighted by atomic mass is 10.3. The number of nitrogens with one attached hydrogen (secondary N) is 1. The van der Waals surface area contributed by atoms with Gasteiger partial charge in [0, 0.05) is 7.05 Å². The van der Waals surface area contributed by atoms with E-state index >= 15 is 0 Å². The smallest absolute Gasteiger partial charge is 0.286 e. The number of carbonyl (C=O) groups excluding carboxylic acids is 1. The molecule has 2 aromatic heterocycles. The Morgan fingerprint density at radius 1 is 1.28 bits per heavy atom. The van der Waals surface area contributed by atoms with Crippen LogP contribution in [0.5, 0.6) is 0 Å². The second-order valence-electron chi connectivity index (χ2n) is 3.73. The van der Waals surface area contributed by atoms with Gasteiger partial charge in [-0.2, -0.15) is 0 Å². The lowest BCUT2D eigenvalue weighted by molar-refractivity contribution is 0.0936. The third-order valence-corrected chi connectivity index (χ3v) is 3.61. The third-order valence-electron chi connectivity index (χ3n) is 2.56. The first kappa shape index (κ1) is 11.0. The van der Waals surface area contributed by atoms with Gasteiger partial charge in [-0.25, -0.2) is 4.98 Å². The van der Waals surface area contributed by atoms with E-state index in [0.29, 0.717) is 11.5 Å². The predicted octanol–water partition coefficient (Wildman–Crippen LogP) is 2.92. The summed E-state index contributed by atoms with van der Waals surface area (Å²) in [5.74, 6) is 0.684. The molecule has 0 saturated carbocycles. The predicted molar refractivity (Wildman–Crippen MR) is 70.7 cm³/mol. The van der Waals surface area contributed by atoms with Crippen LogP contribution in [0, 0.1) is 0 Å². The summed E-state index contributed by atoms with van der Waals surface area (Å²) < 4.78 is 6.59. The molecular formula is C13H10N2O2S. The fraction of sp³-hybridized carbons (Fsp3) is 0.0769. The molecule has 1 amide bonds. The summed E-state index contributed by atoms with van der Waals surface area (Å²) in [6.07, 6.45) is 0. The second kappa shape index (κ2) is 4.27. The Bertz CT molecular complexity index is 681. The highest BCUT2D eigenvalue weighted by atomic mass is 32.1. The third kappa shape index (κ3) is 1.78. The molecule has 0 spiro atoms. The first-order valence-corrected chi connectivity index (χ1v) is 6.27. The van der Waals surface area contributed by atoms with Crippen molar-refractivity contribution < 1.29 is 9.21 Å². The molecule has 1 aromatic carbocycles. The van der Waals surface area contributed by atoms with Gasteiger partial charge in [0.1, 0.15) is 0 Å². The SMILES string of the molecule is CNC(=O)c1ccc(-c2nc3ccccc3s2)o1. The molecule has 18 heavy (non-hydrogen) atoms. The minimum atomic E-state index is -0.234. The van der Waals surface area contributed by atoms with Gasteiger partial charge < -0.3 is 9.73 Å². The number of amides is 1. The summed E-state index contributed by atoms with van der Waals surface area (Å²) in [5.41, 5.74) is 0.940. The molecule has 0 bridgehead atoms. The van der Waals surface area contributed by atoms with E-state index in [1.54, 1.807) is 30.5 Å². The van der Waals surface area contributed by atoms with E-state index in [1.807, 2.05) is 24.3 Å². The van der Waals surface area contributed by atoms with E-state index < -0.39 is 0 Å². The average molecular weight is 258 g/mol. The maximum atomic E-state index is 11.4. The quantitative estimate of drug-likeness (QED) is 0.769. The van der Waals surface area contributed by atoms with Crippen molar-refractivity contribution >= 4 is 27.5 Å². The molecule has 0 radical (unpaired) electrons. The maximum absolute atomic E-state index is 11.4. The van der Waals surface area contributed by atoms with Crippen molar-refractivity contribution in [1.29, 1.82) is 0 Å². The van der Waals surface area contributed by atoms with Crippen LogP contribution in [0.15, 0.2) is 40.8 Å². The fourth-order valence-corrected chi connectivity index (χ4v) is 2.60. The van der Waals surface area contributed by atoms with E-state index in [0.717, 1.165) is 15.2 Å². The van der Waals surface area contributed by atoms with Gasteiger partial charge in [-0.1, -0.05) is 12.1 Å². The van der Waals surface area contributed by atoms with E-state index in [2.05, 4.69) is 10.3 Å². The highest BCUT2D eigenvalue weighted by molar-refractivity contribution is 7.21. The van der Waals surface area contributed by atoms with Crippen molar-refractivity contribution in [2.75, 3.05) is 7.05 Å². The molecule has 5 heteroatoms. The number of aromatic nitrogens is 1. The number of hydrogen-bond acceptors (Lipinski definition) is 4. The molecule has 0 unspecified atom stereocenters. The summed E-state index contributed by atoms with van der Waals surface area (Å²) >= 11 is 1.55. The van der Waals surface area contributed by atoms with Gasteiger partial charge in [0.15, 0.2) is 16.5 Å². The van der Waals surface area contributed by atoms with Crippen molar-refractivity contribution in [2.24, 2.45) is 0 Å². The van der Waals surface area contributed by atoms with Crippen LogP contribution in [-0.4, -0.2) is 17.9 Å². The molecule has 2 heterocycles. The van der Waals surface area contributed by atoms with Gasteiger partial charge >= 0.3 is 0 Å². The van der Waals surface area contributed by atoms with Crippen LogP contribution in [-0.2, 0) is 0 Å². The highest BCUT2D eigenvalue weighted by Crippen LogP contribution is 2.30. The lowest BCUT2D eigenvalue weighted by Gasteiger charge is -1.92. The first-order chi connectivity index (χ1) is 8.78. The normalized spacial score (nSPS) is 10.7. The molecule has 3 rings (SSSR count). The summed E-state index contributed by atoms with van der Waals surface area (Å²) in [4.78, 5) is 15.9. The molecule has 0 atom stereocenters. The van der Waals surface area contributed by atoms with Crippen LogP contribution in [0.1, 0.15) is 10.6 Å². The molecule has 0 saturated heterocycles. The van der Waals surface area contributed by atoms with Crippen molar-refractivity contribution in [3.63, 3.8) is 0 Å². The van der Waals surface area contributed by atoms with Crippen molar-refractivity contribution in [3.05, 3.63) is 42.2 Å². The Kier molecular flexibility index (Phi) is 2.60. The summed E-state index contributed by atoms with van der Waals surface area (Å²) in [6, 6.07) is 11.3. The minimum absolute atomic E-state index is 0.234. The molecule has 3 aromatic rings. The average Bonchev–Trinajstić information content (AvgIpc) is 3.03. The van der Waals surface area contributed by atoms with Crippen LogP contribution >= 0.6 is 11.3 Å². The topological polar surface area (TPSA) is 55.1 Å². The molecule has 0 aliphatic rings. The molecule has 1 N–H and O–H groups in total. The van der Waals surface area contributed by atoms with Gasteiger partial charge in [-0.05, 0) is 24.3 Å². The Hall–Kier alpha value is -2.14. The second-order valence-corrected chi connectivity index (χ2v) is 4.76. The van der Waals surface area contributed by atoms with Gasteiger partial charge in [0.2, 0.25) is 0 Å².